The highest BCUT2D eigenvalue weighted by molar-refractivity contribution is 9.10. The molecule has 0 aliphatic heterocycles. The molecule has 1 nitrogen and oxygen atoms in total. The number of hydrogen-bond acceptors (Lipinski definition) is 1. The molecule has 0 bridgehead atoms. The Morgan fingerprint density at radius 3 is 2.21 bits per heavy atom. The molecule has 0 radical (unpaired) electrons. The van der Waals surface area contributed by atoms with Crippen molar-refractivity contribution in [2.45, 2.75) is 37.5 Å². The molecule has 5 rings (SSSR count). The highest BCUT2D eigenvalue weighted by Gasteiger charge is 2.44. The first-order valence-electron chi connectivity index (χ1n) is 8.63. The van der Waals surface area contributed by atoms with Crippen LogP contribution in [-0.2, 0) is 5.41 Å². The van der Waals surface area contributed by atoms with E-state index in [0.29, 0.717) is 0 Å². The molecule has 2 heteroatoms. The molecule has 24 heavy (non-hydrogen) atoms. The van der Waals surface area contributed by atoms with E-state index in [1.807, 2.05) is 0 Å². The molecule has 2 aliphatic carbocycles. The minimum absolute atomic E-state index is 0. The number of benzene rings is 3. The van der Waals surface area contributed by atoms with Crippen molar-refractivity contribution in [1.29, 1.82) is 0 Å². The van der Waals surface area contributed by atoms with Gasteiger partial charge in [-0.25, -0.2) is 0 Å². The number of hydrogen-bond donors (Lipinski definition) is 1. The first kappa shape index (κ1) is 15.9. The topological polar surface area (TPSA) is 35.0 Å². The van der Waals surface area contributed by atoms with Gasteiger partial charge in [-0.2, -0.15) is 0 Å². The van der Waals surface area contributed by atoms with Crippen molar-refractivity contribution in [1.82, 2.24) is 6.15 Å². The second-order valence-electron chi connectivity index (χ2n) is 7.01. The van der Waals surface area contributed by atoms with Crippen molar-refractivity contribution in [3.8, 4) is 11.1 Å². The Morgan fingerprint density at radius 2 is 1.42 bits per heavy atom. The molecule has 1 saturated carbocycles. The number of halogens is 1. The summed E-state index contributed by atoms with van der Waals surface area (Å²) < 4.78 is 1.24. The maximum atomic E-state index is 3.85. The van der Waals surface area contributed by atoms with Gasteiger partial charge in [0.15, 0.2) is 0 Å². The summed E-state index contributed by atoms with van der Waals surface area (Å²) in [5.74, 6) is 0. The van der Waals surface area contributed by atoms with Gasteiger partial charge in [-0.05, 0) is 51.9 Å². The SMILES string of the molecule is Brc1cc2c(c3ccccc13)-c1ccccc1C21CCCCC1.N. The normalized spacial score (nSPS) is 17.4. The van der Waals surface area contributed by atoms with Crippen LogP contribution in [-0.4, -0.2) is 0 Å². The molecule has 0 unspecified atom stereocenters. The number of rotatable bonds is 0. The molecule has 1 spiro atoms. The van der Waals surface area contributed by atoms with Crippen LogP contribution in [0.5, 0.6) is 0 Å². The van der Waals surface area contributed by atoms with Gasteiger partial charge in [-0.3, -0.25) is 0 Å². The van der Waals surface area contributed by atoms with Gasteiger partial charge in [-0.15, -0.1) is 0 Å². The lowest BCUT2D eigenvalue weighted by molar-refractivity contribution is 0.353. The second kappa shape index (κ2) is 5.72. The first-order chi connectivity index (χ1) is 11.3. The third kappa shape index (κ3) is 1.96. The smallest absolute Gasteiger partial charge is 0.0257 e. The largest absolute Gasteiger partial charge is 0.344 e. The molecule has 2 aliphatic rings. The molecule has 0 aromatic heterocycles. The van der Waals surface area contributed by atoms with Crippen molar-refractivity contribution in [3.63, 3.8) is 0 Å². The summed E-state index contributed by atoms with van der Waals surface area (Å²) >= 11 is 3.85. The molecule has 0 amide bonds. The summed E-state index contributed by atoms with van der Waals surface area (Å²) in [5, 5.41) is 2.72. The van der Waals surface area contributed by atoms with Crippen LogP contribution in [0.3, 0.4) is 0 Å². The van der Waals surface area contributed by atoms with E-state index >= 15 is 0 Å². The lowest BCUT2D eigenvalue weighted by atomic mass is 9.68. The van der Waals surface area contributed by atoms with E-state index in [2.05, 4.69) is 70.5 Å². The van der Waals surface area contributed by atoms with E-state index in [0.717, 1.165) is 0 Å². The molecule has 1 fully saturated rings. The summed E-state index contributed by atoms with van der Waals surface area (Å²) in [4.78, 5) is 0. The van der Waals surface area contributed by atoms with Crippen molar-refractivity contribution in [2.24, 2.45) is 0 Å². The fourth-order valence-electron chi connectivity index (χ4n) is 4.96. The standard InChI is InChI=1S/C22H19Br.H3N/c23-20-14-19-21(16-9-3-2-8-15(16)20)17-10-4-5-11-18(17)22(19)12-6-1-7-13-22;/h2-5,8-11,14H,1,6-7,12-13H2;1H3. The molecular weight excluding hydrogens is 358 g/mol. The van der Waals surface area contributed by atoms with Crippen molar-refractivity contribution >= 4 is 26.7 Å². The predicted octanol–water partition coefficient (Wildman–Crippen LogP) is 6.99. The highest BCUT2D eigenvalue weighted by Crippen LogP contribution is 2.58. The van der Waals surface area contributed by atoms with Crippen molar-refractivity contribution < 1.29 is 0 Å². The zero-order valence-corrected chi connectivity index (χ0v) is 15.4. The van der Waals surface area contributed by atoms with Gasteiger partial charge >= 0.3 is 0 Å². The van der Waals surface area contributed by atoms with Crippen LogP contribution in [0.15, 0.2) is 59.1 Å². The first-order valence-corrected chi connectivity index (χ1v) is 9.42. The highest BCUT2D eigenvalue weighted by atomic mass is 79.9. The van der Waals surface area contributed by atoms with E-state index < -0.39 is 0 Å². The van der Waals surface area contributed by atoms with Crippen LogP contribution in [0.4, 0.5) is 0 Å². The predicted molar refractivity (Wildman–Crippen MR) is 106 cm³/mol. The Morgan fingerprint density at radius 1 is 0.750 bits per heavy atom. The molecule has 122 valence electrons. The van der Waals surface area contributed by atoms with Crippen LogP contribution in [0.2, 0.25) is 0 Å². The van der Waals surface area contributed by atoms with Gasteiger partial charge in [-0.1, -0.05) is 83.7 Å². The van der Waals surface area contributed by atoms with Crippen molar-refractivity contribution in [2.75, 3.05) is 0 Å². The summed E-state index contributed by atoms with van der Waals surface area (Å²) in [7, 11) is 0. The molecule has 3 N–H and O–H groups in total. The van der Waals surface area contributed by atoms with Gasteiger partial charge in [0.25, 0.3) is 0 Å². The molecule has 0 heterocycles. The van der Waals surface area contributed by atoms with Gasteiger partial charge in [0.05, 0.1) is 0 Å². The lowest BCUT2D eigenvalue weighted by Gasteiger charge is -2.36. The minimum atomic E-state index is 0. The Kier molecular flexibility index (Phi) is 3.78. The van der Waals surface area contributed by atoms with Crippen LogP contribution < -0.4 is 6.15 Å². The third-order valence-corrected chi connectivity index (χ3v) is 6.58. The Hall–Kier alpha value is -1.64. The molecular formula is C22H22BrN. The Bertz CT molecular complexity index is 922. The van der Waals surface area contributed by atoms with E-state index in [1.165, 1.54) is 58.5 Å². The van der Waals surface area contributed by atoms with Gasteiger partial charge < -0.3 is 6.15 Å². The molecule has 3 aromatic carbocycles. The van der Waals surface area contributed by atoms with E-state index in [-0.39, 0.29) is 11.6 Å². The summed E-state index contributed by atoms with van der Waals surface area (Å²) in [6.45, 7) is 0. The maximum Gasteiger partial charge on any atom is 0.0257 e. The zero-order chi connectivity index (χ0) is 15.4. The third-order valence-electron chi connectivity index (χ3n) is 5.93. The van der Waals surface area contributed by atoms with Crippen LogP contribution in [0.1, 0.15) is 43.2 Å². The maximum absolute atomic E-state index is 3.85. The van der Waals surface area contributed by atoms with Crippen LogP contribution in [0, 0.1) is 0 Å². The van der Waals surface area contributed by atoms with Gasteiger partial charge in [0.2, 0.25) is 0 Å². The zero-order valence-electron chi connectivity index (χ0n) is 13.8. The fraction of sp³-hybridized carbons (Fsp3) is 0.273. The van der Waals surface area contributed by atoms with E-state index in [4.69, 9.17) is 0 Å². The molecule has 0 atom stereocenters. The Balaban J connectivity index is 0.00000146. The lowest BCUT2D eigenvalue weighted by Crippen LogP contribution is -2.28. The van der Waals surface area contributed by atoms with Gasteiger partial charge in [0.1, 0.15) is 0 Å². The fourth-order valence-corrected chi connectivity index (χ4v) is 5.53. The second-order valence-corrected chi connectivity index (χ2v) is 7.87. The quantitative estimate of drug-likeness (QED) is 0.448. The van der Waals surface area contributed by atoms with Crippen molar-refractivity contribution in [3.05, 3.63) is 70.2 Å². The summed E-state index contributed by atoms with van der Waals surface area (Å²) in [6, 6.07) is 20.4. The van der Waals surface area contributed by atoms with E-state index in [9.17, 15) is 0 Å². The monoisotopic (exact) mass is 379 g/mol. The summed E-state index contributed by atoms with van der Waals surface area (Å²) in [5.41, 5.74) is 6.33. The number of fused-ring (bicyclic) bond motifs is 7. The molecule has 0 saturated heterocycles. The average Bonchev–Trinajstić information content (AvgIpc) is 2.87. The van der Waals surface area contributed by atoms with Crippen LogP contribution >= 0.6 is 15.9 Å². The van der Waals surface area contributed by atoms with Crippen LogP contribution in [0.25, 0.3) is 21.9 Å². The average molecular weight is 380 g/mol. The Labute approximate surface area is 151 Å². The summed E-state index contributed by atoms with van der Waals surface area (Å²) in [6.07, 6.45) is 6.66. The van der Waals surface area contributed by atoms with Gasteiger partial charge in [0, 0.05) is 9.89 Å². The molecule has 3 aromatic rings. The minimum Gasteiger partial charge on any atom is -0.344 e. The van der Waals surface area contributed by atoms with E-state index in [1.54, 1.807) is 11.1 Å².